The van der Waals surface area contributed by atoms with Crippen LogP contribution in [0.15, 0.2) is 24.3 Å². The van der Waals surface area contributed by atoms with E-state index in [1.54, 1.807) is 0 Å². The third-order valence-corrected chi connectivity index (χ3v) is 2.79. The Morgan fingerprint density at radius 1 is 1.23 bits per heavy atom. The van der Waals surface area contributed by atoms with Crippen molar-refractivity contribution in [3.05, 3.63) is 35.4 Å². The molecule has 0 saturated heterocycles. The minimum Gasteiger partial charge on any atom is -0.300 e. The summed E-state index contributed by atoms with van der Waals surface area (Å²) in [5, 5.41) is 0. The average Bonchev–Trinajstić information content (AvgIpc) is 2.53. The van der Waals surface area contributed by atoms with E-state index in [0.29, 0.717) is 11.7 Å². The molecule has 1 atom stereocenters. The highest BCUT2D eigenvalue weighted by Gasteiger charge is 2.22. The van der Waals surface area contributed by atoms with Gasteiger partial charge in [-0.15, -0.1) is 0 Å². The fourth-order valence-electron chi connectivity index (χ4n) is 1.94. The van der Waals surface area contributed by atoms with Crippen molar-refractivity contribution < 1.29 is 4.79 Å². The van der Waals surface area contributed by atoms with Crippen molar-refractivity contribution in [3.8, 4) is 0 Å². The molecule has 0 heterocycles. The van der Waals surface area contributed by atoms with Gasteiger partial charge in [0.2, 0.25) is 0 Å². The minimum atomic E-state index is 0.422. The predicted octanol–water partition coefficient (Wildman–Crippen LogP) is 2.83. The highest BCUT2D eigenvalue weighted by molar-refractivity contribution is 5.81. The summed E-state index contributed by atoms with van der Waals surface area (Å²) in [5.74, 6) is 0.915. The lowest BCUT2D eigenvalue weighted by Crippen LogP contribution is -1.93. The van der Waals surface area contributed by atoms with E-state index in [9.17, 15) is 4.79 Å². The van der Waals surface area contributed by atoms with Crippen molar-refractivity contribution in [1.29, 1.82) is 0 Å². The van der Waals surface area contributed by atoms with E-state index in [4.69, 9.17) is 0 Å². The first-order chi connectivity index (χ1) is 6.25. The lowest BCUT2D eigenvalue weighted by Gasteiger charge is -2.07. The van der Waals surface area contributed by atoms with E-state index < -0.39 is 0 Å². The summed E-state index contributed by atoms with van der Waals surface area (Å²) in [6, 6.07) is 8.55. The van der Waals surface area contributed by atoms with E-state index in [0.717, 1.165) is 19.3 Å². The van der Waals surface area contributed by atoms with Gasteiger partial charge < -0.3 is 0 Å². The van der Waals surface area contributed by atoms with Gasteiger partial charge in [0, 0.05) is 12.8 Å². The van der Waals surface area contributed by atoms with Gasteiger partial charge in [0.25, 0.3) is 0 Å². The molecule has 0 aliphatic heterocycles. The van der Waals surface area contributed by atoms with Gasteiger partial charge in [0.05, 0.1) is 0 Å². The third-order valence-electron chi connectivity index (χ3n) is 2.79. The Morgan fingerprint density at radius 2 is 1.92 bits per heavy atom. The van der Waals surface area contributed by atoms with Gasteiger partial charge in [-0.05, 0) is 24.8 Å². The van der Waals surface area contributed by atoms with Gasteiger partial charge in [-0.3, -0.25) is 4.79 Å². The molecule has 1 aliphatic rings. The van der Waals surface area contributed by atoms with Crippen molar-refractivity contribution in [2.45, 2.75) is 32.1 Å². The van der Waals surface area contributed by atoms with E-state index in [1.165, 1.54) is 11.1 Å². The highest BCUT2D eigenvalue weighted by Crippen LogP contribution is 2.31. The third kappa shape index (κ3) is 1.80. The van der Waals surface area contributed by atoms with E-state index in [2.05, 4.69) is 31.2 Å². The Labute approximate surface area is 78.8 Å². The zero-order valence-corrected chi connectivity index (χ0v) is 7.92. The van der Waals surface area contributed by atoms with Crippen LogP contribution < -0.4 is 0 Å². The average molecular weight is 174 g/mol. The molecule has 1 unspecified atom stereocenters. The predicted molar refractivity (Wildman–Crippen MR) is 52.8 cm³/mol. The van der Waals surface area contributed by atoms with Crippen LogP contribution in [0.3, 0.4) is 0 Å². The molecular formula is C12H14O. The number of carbonyl (C=O) groups excluding carboxylic acids is 1. The number of carbonyl (C=O) groups is 1. The standard InChI is InChI=1S/C12H14O/c1-9-2-4-10(5-3-9)11-6-7-12(13)8-11/h2-5,11H,6-8H2,1H3. The molecule has 68 valence electrons. The van der Waals surface area contributed by atoms with Crippen LogP contribution in [-0.4, -0.2) is 5.78 Å². The van der Waals surface area contributed by atoms with Crippen LogP contribution >= 0.6 is 0 Å². The second-order valence-corrected chi connectivity index (χ2v) is 3.89. The van der Waals surface area contributed by atoms with Crippen LogP contribution in [0.1, 0.15) is 36.3 Å². The molecule has 0 aromatic heterocycles. The molecule has 0 N–H and O–H groups in total. The maximum absolute atomic E-state index is 11.1. The summed E-state index contributed by atoms with van der Waals surface area (Å²) in [6.45, 7) is 2.09. The summed E-state index contributed by atoms with van der Waals surface area (Å²) >= 11 is 0. The fraction of sp³-hybridized carbons (Fsp3) is 0.417. The lowest BCUT2D eigenvalue weighted by atomic mass is 9.97. The number of hydrogen-bond donors (Lipinski definition) is 0. The smallest absolute Gasteiger partial charge is 0.133 e. The molecule has 0 spiro atoms. The molecule has 0 radical (unpaired) electrons. The normalized spacial score (nSPS) is 22.2. The summed E-state index contributed by atoms with van der Waals surface area (Å²) < 4.78 is 0. The van der Waals surface area contributed by atoms with E-state index in [-0.39, 0.29) is 0 Å². The molecule has 1 nitrogen and oxygen atoms in total. The Morgan fingerprint density at radius 3 is 2.46 bits per heavy atom. The molecule has 2 rings (SSSR count). The van der Waals surface area contributed by atoms with Crippen LogP contribution in [0.25, 0.3) is 0 Å². The number of benzene rings is 1. The van der Waals surface area contributed by atoms with E-state index >= 15 is 0 Å². The first-order valence-corrected chi connectivity index (χ1v) is 4.84. The van der Waals surface area contributed by atoms with Crippen molar-refractivity contribution in [2.24, 2.45) is 0 Å². The maximum Gasteiger partial charge on any atom is 0.133 e. The Hall–Kier alpha value is -1.11. The van der Waals surface area contributed by atoms with Crippen LogP contribution in [0.5, 0.6) is 0 Å². The maximum atomic E-state index is 11.1. The molecule has 0 bridgehead atoms. The zero-order chi connectivity index (χ0) is 9.26. The van der Waals surface area contributed by atoms with Crippen LogP contribution in [0, 0.1) is 6.92 Å². The van der Waals surface area contributed by atoms with Gasteiger partial charge in [-0.25, -0.2) is 0 Å². The number of aryl methyl sites for hydroxylation is 1. The molecule has 1 heteroatoms. The van der Waals surface area contributed by atoms with Crippen LogP contribution in [0.4, 0.5) is 0 Å². The van der Waals surface area contributed by atoms with Crippen molar-refractivity contribution in [1.82, 2.24) is 0 Å². The zero-order valence-electron chi connectivity index (χ0n) is 7.92. The molecular weight excluding hydrogens is 160 g/mol. The highest BCUT2D eigenvalue weighted by atomic mass is 16.1. The quantitative estimate of drug-likeness (QED) is 0.639. The largest absolute Gasteiger partial charge is 0.300 e. The van der Waals surface area contributed by atoms with Gasteiger partial charge in [-0.2, -0.15) is 0 Å². The minimum absolute atomic E-state index is 0.422. The van der Waals surface area contributed by atoms with Crippen molar-refractivity contribution in [3.63, 3.8) is 0 Å². The van der Waals surface area contributed by atoms with Crippen molar-refractivity contribution in [2.75, 3.05) is 0 Å². The number of Topliss-reactive ketones (excluding diaryl/α,β-unsaturated/α-hetero) is 1. The molecule has 0 amide bonds. The summed E-state index contributed by atoms with van der Waals surface area (Å²) in [7, 11) is 0. The summed E-state index contributed by atoms with van der Waals surface area (Å²) in [5.41, 5.74) is 2.62. The summed E-state index contributed by atoms with van der Waals surface area (Å²) in [6.07, 6.45) is 2.57. The Kier molecular flexibility index (Phi) is 2.17. The second kappa shape index (κ2) is 3.33. The van der Waals surface area contributed by atoms with Gasteiger partial charge in [-0.1, -0.05) is 29.8 Å². The lowest BCUT2D eigenvalue weighted by molar-refractivity contribution is -0.117. The number of rotatable bonds is 1. The fourth-order valence-corrected chi connectivity index (χ4v) is 1.94. The monoisotopic (exact) mass is 174 g/mol. The Bertz CT molecular complexity index is 310. The number of hydrogen-bond acceptors (Lipinski definition) is 1. The topological polar surface area (TPSA) is 17.1 Å². The molecule has 1 fully saturated rings. The van der Waals surface area contributed by atoms with Crippen LogP contribution in [-0.2, 0) is 4.79 Å². The molecule has 13 heavy (non-hydrogen) atoms. The molecule has 1 saturated carbocycles. The Balaban J connectivity index is 2.17. The first-order valence-electron chi connectivity index (χ1n) is 4.84. The SMILES string of the molecule is Cc1ccc(C2CCC(=O)C2)cc1. The van der Waals surface area contributed by atoms with Crippen LogP contribution in [0.2, 0.25) is 0 Å². The van der Waals surface area contributed by atoms with E-state index in [1.807, 2.05) is 0 Å². The molecule has 1 aromatic rings. The van der Waals surface area contributed by atoms with Gasteiger partial charge in [0.1, 0.15) is 5.78 Å². The van der Waals surface area contributed by atoms with Gasteiger partial charge >= 0.3 is 0 Å². The second-order valence-electron chi connectivity index (χ2n) is 3.89. The molecule has 1 aromatic carbocycles. The van der Waals surface area contributed by atoms with Gasteiger partial charge in [0.15, 0.2) is 0 Å². The summed E-state index contributed by atoms with van der Waals surface area (Å²) in [4.78, 5) is 11.1. The number of ketones is 1. The molecule has 1 aliphatic carbocycles. The first kappa shape index (κ1) is 8.49. The van der Waals surface area contributed by atoms with Crippen molar-refractivity contribution >= 4 is 5.78 Å².